The van der Waals surface area contributed by atoms with Gasteiger partial charge >= 0.3 is 5.97 Å². The van der Waals surface area contributed by atoms with E-state index >= 15 is 0 Å². The van der Waals surface area contributed by atoms with Gasteiger partial charge in [0, 0.05) is 5.02 Å². The zero-order chi connectivity index (χ0) is 10.1. The van der Waals surface area contributed by atoms with Gasteiger partial charge in [-0.05, 0) is 30.0 Å². The van der Waals surface area contributed by atoms with Crippen LogP contribution in [-0.4, -0.2) is 13.1 Å². The van der Waals surface area contributed by atoms with Crippen molar-refractivity contribution in [3.8, 4) is 0 Å². The minimum absolute atomic E-state index is 0.0566. The quantitative estimate of drug-likeness (QED) is 0.702. The van der Waals surface area contributed by atoms with Crippen molar-refractivity contribution in [2.45, 2.75) is 12.3 Å². The molecule has 1 aromatic carbocycles. The fourth-order valence-electron chi connectivity index (χ4n) is 1.69. The van der Waals surface area contributed by atoms with Gasteiger partial charge in [-0.2, -0.15) is 0 Å². The molecular formula is C11H11ClO2. The highest BCUT2D eigenvalue weighted by Gasteiger charge is 2.44. The first-order valence-corrected chi connectivity index (χ1v) is 4.93. The van der Waals surface area contributed by atoms with E-state index in [1.165, 1.54) is 12.7 Å². The molecular weight excluding hydrogens is 200 g/mol. The highest BCUT2D eigenvalue weighted by molar-refractivity contribution is 6.30. The molecule has 1 saturated carbocycles. The summed E-state index contributed by atoms with van der Waals surface area (Å²) in [6.45, 7) is 0. The molecule has 0 unspecified atom stereocenters. The third kappa shape index (κ3) is 1.75. The molecule has 0 heterocycles. The van der Waals surface area contributed by atoms with E-state index in [2.05, 4.69) is 4.74 Å². The minimum atomic E-state index is -0.107. The monoisotopic (exact) mass is 210 g/mol. The summed E-state index contributed by atoms with van der Waals surface area (Å²) in [7, 11) is 1.43. The second-order valence-electron chi connectivity index (χ2n) is 3.52. The molecule has 14 heavy (non-hydrogen) atoms. The number of ether oxygens (including phenoxy) is 1. The topological polar surface area (TPSA) is 26.3 Å². The first kappa shape index (κ1) is 9.53. The molecule has 1 aliphatic rings. The van der Waals surface area contributed by atoms with Crippen LogP contribution >= 0.6 is 11.6 Å². The molecule has 0 spiro atoms. The lowest BCUT2D eigenvalue weighted by Gasteiger charge is -1.99. The summed E-state index contributed by atoms with van der Waals surface area (Å²) in [5.41, 5.74) is 1.17. The Kier molecular flexibility index (Phi) is 2.46. The molecule has 2 rings (SSSR count). The van der Waals surface area contributed by atoms with Gasteiger partial charge in [-0.1, -0.05) is 23.7 Å². The lowest BCUT2D eigenvalue weighted by molar-refractivity contribution is -0.142. The van der Waals surface area contributed by atoms with Crippen LogP contribution in [-0.2, 0) is 9.53 Å². The van der Waals surface area contributed by atoms with Crippen molar-refractivity contribution in [2.75, 3.05) is 7.11 Å². The van der Waals surface area contributed by atoms with Gasteiger partial charge < -0.3 is 4.74 Å². The van der Waals surface area contributed by atoms with Crippen molar-refractivity contribution in [2.24, 2.45) is 5.92 Å². The highest BCUT2D eigenvalue weighted by Crippen LogP contribution is 2.48. The Morgan fingerprint density at radius 1 is 1.43 bits per heavy atom. The number of rotatable bonds is 2. The van der Waals surface area contributed by atoms with Gasteiger partial charge in [-0.25, -0.2) is 0 Å². The number of halogens is 1. The van der Waals surface area contributed by atoms with Crippen molar-refractivity contribution in [3.05, 3.63) is 34.9 Å². The predicted octanol–water partition coefficient (Wildman–Crippen LogP) is 2.62. The molecule has 2 nitrogen and oxygen atoms in total. The predicted molar refractivity (Wildman–Crippen MR) is 54.3 cm³/mol. The minimum Gasteiger partial charge on any atom is -0.469 e. The summed E-state index contributed by atoms with van der Waals surface area (Å²) in [5.74, 6) is 0.283. The Hall–Kier alpha value is -1.02. The Labute approximate surface area is 87.8 Å². The Morgan fingerprint density at radius 3 is 2.64 bits per heavy atom. The molecule has 0 aliphatic heterocycles. The summed E-state index contributed by atoms with van der Waals surface area (Å²) in [4.78, 5) is 11.2. The Morgan fingerprint density at radius 2 is 2.07 bits per heavy atom. The lowest BCUT2D eigenvalue weighted by Crippen LogP contribution is -2.03. The van der Waals surface area contributed by atoms with E-state index in [-0.39, 0.29) is 11.9 Å². The van der Waals surface area contributed by atoms with Gasteiger partial charge in [0.1, 0.15) is 0 Å². The molecule has 2 atom stereocenters. The number of benzene rings is 1. The smallest absolute Gasteiger partial charge is 0.309 e. The van der Waals surface area contributed by atoms with E-state index in [9.17, 15) is 4.79 Å². The van der Waals surface area contributed by atoms with E-state index in [0.717, 1.165) is 11.4 Å². The van der Waals surface area contributed by atoms with Crippen LogP contribution in [0.2, 0.25) is 5.02 Å². The maximum absolute atomic E-state index is 11.2. The van der Waals surface area contributed by atoms with Crippen LogP contribution in [0, 0.1) is 5.92 Å². The average molecular weight is 211 g/mol. The van der Waals surface area contributed by atoms with Crippen LogP contribution < -0.4 is 0 Å². The molecule has 0 saturated heterocycles. The molecule has 0 aromatic heterocycles. The van der Waals surface area contributed by atoms with Crippen LogP contribution in [0.15, 0.2) is 24.3 Å². The molecule has 0 radical (unpaired) electrons. The van der Waals surface area contributed by atoms with Gasteiger partial charge in [0.15, 0.2) is 0 Å². The fraction of sp³-hybridized carbons (Fsp3) is 0.364. The van der Waals surface area contributed by atoms with E-state index < -0.39 is 0 Å². The second kappa shape index (κ2) is 3.62. The van der Waals surface area contributed by atoms with E-state index in [1.54, 1.807) is 0 Å². The van der Waals surface area contributed by atoms with Crippen molar-refractivity contribution < 1.29 is 9.53 Å². The van der Waals surface area contributed by atoms with Crippen LogP contribution in [0.4, 0.5) is 0 Å². The molecule has 3 heteroatoms. The number of carbonyl (C=O) groups is 1. The lowest BCUT2D eigenvalue weighted by atomic mass is 10.1. The van der Waals surface area contributed by atoms with Gasteiger partial charge in [-0.15, -0.1) is 0 Å². The number of carbonyl (C=O) groups excluding carboxylic acids is 1. The largest absolute Gasteiger partial charge is 0.469 e. The van der Waals surface area contributed by atoms with Gasteiger partial charge in [0.05, 0.1) is 13.0 Å². The number of hydrogen-bond acceptors (Lipinski definition) is 2. The normalized spacial score (nSPS) is 24.4. The van der Waals surface area contributed by atoms with E-state index in [1.807, 2.05) is 24.3 Å². The van der Waals surface area contributed by atoms with Crippen molar-refractivity contribution in [3.63, 3.8) is 0 Å². The zero-order valence-electron chi connectivity index (χ0n) is 7.87. The van der Waals surface area contributed by atoms with Crippen molar-refractivity contribution in [1.82, 2.24) is 0 Å². The Bertz CT molecular complexity index is 345. The van der Waals surface area contributed by atoms with Crippen LogP contribution in [0.1, 0.15) is 17.9 Å². The second-order valence-corrected chi connectivity index (χ2v) is 3.96. The van der Waals surface area contributed by atoms with Gasteiger partial charge in [-0.3, -0.25) is 4.79 Å². The summed E-state index contributed by atoms with van der Waals surface area (Å²) in [5, 5.41) is 0.726. The van der Waals surface area contributed by atoms with Crippen LogP contribution in [0.25, 0.3) is 0 Å². The van der Waals surface area contributed by atoms with E-state index in [4.69, 9.17) is 11.6 Å². The van der Waals surface area contributed by atoms with E-state index in [0.29, 0.717) is 5.92 Å². The highest BCUT2D eigenvalue weighted by atomic mass is 35.5. The van der Waals surface area contributed by atoms with Gasteiger partial charge in [0.25, 0.3) is 0 Å². The first-order valence-electron chi connectivity index (χ1n) is 4.55. The molecule has 1 aromatic rings. The van der Waals surface area contributed by atoms with Crippen LogP contribution in [0.3, 0.4) is 0 Å². The maximum Gasteiger partial charge on any atom is 0.309 e. The third-order valence-corrected chi connectivity index (χ3v) is 2.84. The Balaban J connectivity index is 2.06. The molecule has 1 aliphatic carbocycles. The summed E-state index contributed by atoms with van der Waals surface area (Å²) < 4.78 is 4.68. The average Bonchev–Trinajstić information content (AvgIpc) is 2.98. The third-order valence-electron chi connectivity index (χ3n) is 2.59. The first-order chi connectivity index (χ1) is 6.72. The van der Waals surface area contributed by atoms with Crippen molar-refractivity contribution in [1.29, 1.82) is 0 Å². The maximum atomic E-state index is 11.2. The molecule has 0 N–H and O–H groups in total. The summed E-state index contributed by atoms with van der Waals surface area (Å²) in [6, 6.07) is 7.64. The molecule has 74 valence electrons. The van der Waals surface area contributed by atoms with Gasteiger partial charge in [0.2, 0.25) is 0 Å². The number of esters is 1. The zero-order valence-corrected chi connectivity index (χ0v) is 8.62. The number of methoxy groups -OCH3 is 1. The summed E-state index contributed by atoms with van der Waals surface area (Å²) >= 11 is 5.77. The molecule has 0 amide bonds. The molecule has 1 fully saturated rings. The fourth-order valence-corrected chi connectivity index (χ4v) is 1.81. The van der Waals surface area contributed by atoms with Crippen molar-refractivity contribution >= 4 is 17.6 Å². The molecule has 0 bridgehead atoms. The SMILES string of the molecule is COC(=O)[C@@H]1C[C@H]1c1ccc(Cl)cc1. The van der Waals surface area contributed by atoms with Crippen LogP contribution in [0.5, 0.6) is 0 Å². The summed E-state index contributed by atoms with van der Waals surface area (Å²) in [6.07, 6.45) is 0.897. The standard InChI is InChI=1S/C11H11ClO2/c1-14-11(13)10-6-9(10)7-2-4-8(12)5-3-7/h2-5,9-10H,6H2,1H3/t9-,10+/m0/s1. The number of hydrogen-bond donors (Lipinski definition) is 0.